The van der Waals surface area contributed by atoms with E-state index in [1.807, 2.05) is 12.1 Å². The number of piperazine rings is 1. The Kier molecular flexibility index (Phi) is 5.83. The van der Waals surface area contributed by atoms with Crippen LogP contribution in [0.25, 0.3) is 0 Å². The molecule has 1 amide bonds. The Labute approximate surface area is 154 Å². The summed E-state index contributed by atoms with van der Waals surface area (Å²) in [4.78, 5) is 20.5. The number of amides is 1. The fourth-order valence-corrected chi connectivity index (χ4v) is 3.54. The molecule has 1 aliphatic rings. The zero-order chi connectivity index (χ0) is 18.6. The standard InChI is InChI=1S/C18H18F3N3OS/c19-18(20,21)26-16-4-2-1-3-15(16)17(25)24-11-9-23(10-12-24)13-14-5-7-22-8-6-14/h1-8H,9-13H2. The number of alkyl halides is 3. The summed E-state index contributed by atoms with van der Waals surface area (Å²) in [7, 11) is 0. The van der Waals surface area contributed by atoms with Crippen LogP contribution in [0.5, 0.6) is 0 Å². The molecule has 0 bridgehead atoms. The molecule has 1 aliphatic heterocycles. The van der Waals surface area contributed by atoms with E-state index in [2.05, 4.69) is 9.88 Å². The maximum Gasteiger partial charge on any atom is 0.446 e. The Bertz CT molecular complexity index is 747. The van der Waals surface area contributed by atoms with Crippen molar-refractivity contribution >= 4 is 17.7 Å². The molecule has 3 rings (SSSR count). The van der Waals surface area contributed by atoms with Crippen LogP contribution in [-0.4, -0.2) is 52.4 Å². The van der Waals surface area contributed by atoms with E-state index in [9.17, 15) is 18.0 Å². The lowest BCUT2D eigenvalue weighted by Crippen LogP contribution is -2.48. The van der Waals surface area contributed by atoms with Gasteiger partial charge in [0.2, 0.25) is 0 Å². The summed E-state index contributed by atoms with van der Waals surface area (Å²) in [5, 5.41) is 0. The molecule has 1 saturated heterocycles. The highest BCUT2D eigenvalue weighted by molar-refractivity contribution is 8.00. The third-order valence-corrected chi connectivity index (χ3v) is 4.97. The van der Waals surface area contributed by atoms with E-state index in [4.69, 9.17) is 0 Å². The molecule has 4 nitrogen and oxygen atoms in total. The average molecular weight is 381 g/mol. The molecular formula is C18H18F3N3OS. The molecule has 1 fully saturated rings. The second-order valence-corrected chi connectivity index (χ2v) is 7.07. The number of hydrogen-bond donors (Lipinski definition) is 0. The number of thioether (sulfide) groups is 1. The van der Waals surface area contributed by atoms with E-state index >= 15 is 0 Å². The lowest BCUT2D eigenvalue weighted by Gasteiger charge is -2.35. The van der Waals surface area contributed by atoms with Crippen molar-refractivity contribution in [1.82, 2.24) is 14.8 Å². The van der Waals surface area contributed by atoms with Crippen molar-refractivity contribution in [3.05, 3.63) is 59.9 Å². The highest BCUT2D eigenvalue weighted by Crippen LogP contribution is 2.38. The van der Waals surface area contributed by atoms with Gasteiger partial charge in [0.15, 0.2) is 0 Å². The maximum atomic E-state index is 12.7. The summed E-state index contributed by atoms with van der Waals surface area (Å²) in [5.41, 5.74) is -3.16. The minimum Gasteiger partial charge on any atom is -0.336 e. The van der Waals surface area contributed by atoms with Crippen LogP contribution in [-0.2, 0) is 6.54 Å². The number of halogens is 3. The third kappa shape index (κ3) is 4.98. The second kappa shape index (κ2) is 8.09. The van der Waals surface area contributed by atoms with Gasteiger partial charge in [-0.3, -0.25) is 14.7 Å². The van der Waals surface area contributed by atoms with Gasteiger partial charge in [-0.25, -0.2) is 0 Å². The van der Waals surface area contributed by atoms with Crippen LogP contribution in [0.4, 0.5) is 13.2 Å². The van der Waals surface area contributed by atoms with Gasteiger partial charge in [0.05, 0.1) is 5.56 Å². The number of rotatable bonds is 4. The number of carbonyl (C=O) groups is 1. The second-order valence-electron chi connectivity index (χ2n) is 5.97. The molecule has 1 aromatic heterocycles. The first-order valence-corrected chi connectivity index (χ1v) is 8.99. The lowest BCUT2D eigenvalue weighted by molar-refractivity contribution is -0.0328. The van der Waals surface area contributed by atoms with Crippen molar-refractivity contribution in [2.45, 2.75) is 16.9 Å². The first kappa shape index (κ1) is 18.7. The Morgan fingerprint density at radius 2 is 1.69 bits per heavy atom. The van der Waals surface area contributed by atoms with Crippen LogP contribution in [0, 0.1) is 0 Å². The van der Waals surface area contributed by atoms with Gasteiger partial charge < -0.3 is 4.90 Å². The van der Waals surface area contributed by atoms with Crippen molar-refractivity contribution in [2.75, 3.05) is 26.2 Å². The van der Waals surface area contributed by atoms with Crippen LogP contribution in [0.2, 0.25) is 0 Å². The molecule has 0 spiro atoms. The van der Waals surface area contributed by atoms with Crippen LogP contribution in [0.1, 0.15) is 15.9 Å². The van der Waals surface area contributed by atoms with Crippen molar-refractivity contribution in [2.24, 2.45) is 0 Å². The molecule has 1 aromatic carbocycles. The van der Waals surface area contributed by atoms with Crippen molar-refractivity contribution < 1.29 is 18.0 Å². The quantitative estimate of drug-likeness (QED) is 0.758. The van der Waals surface area contributed by atoms with Crippen molar-refractivity contribution in [3.63, 3.8) is 0 Å². The summed E-state index contributed by atoms with van der Waals surface area (Å²) in [6.07, 6.45) is 3.48. The molecule has 2 aromatic rings. The Morgan fingerprint density at radius 3 is 2.35 bits per heavy atom. The minimum absolute atomic E-state index is 0.0517. The van der Waals surface area contributed by atoms with Crippen molar-refractivity contribution in [3.8, 4) is 0 Å². The number of pyridine rings is 1. The minimum atomic E-state index is -4.42. The molecule has 0 unspecified atom stereocenters. The fraction of sp³-hybridized carbons (Fsp3) is 0.333. The van der Waals surface area contributed by atoms with Gasteiger partial charge in [0, 0.05) is 50.0 Å². The molecule has 0 saturated carbocycles. The first-order valence-electron chi connectivity index (χ1n) is 8.18. The van der Waals surface area contributed by atoms with E-state index in [1.165, 1.54) is 18.2 Å². The van der Waals surface area contributed by atoms with Crippen LogP contribution < -0.4 is 0 Å². The lowest BCUT2D eigenvalue weighted by atomic mass is 10.1. The summed E-state index contributed by atoms with van der Waals surface area (Å²) in [6.45, 7) is 3.13. The Hall–Kier alpha value is -2.06. The highest BCUT2D eigenvalue weighted by atomic mass is 32.2. The number of aromatic nitrogens is 1. The zero-order valence-corrected chi connectivity index (χ0v) is 14.8. The maximum absolute atomic E-state index is 12.7. The van der Waals surface area contributed by atoms with Gasteiger partial charge in [-0.2, -0.15) is 13.2 Å². The van der Waals surface area contributed by atoms with Crippen LogP contribution in [0.3, 0.4) is 0 Å². The molecule has 0 N–H and O–H groups in total. The van der Waals surface area contributed by atoms with Gasteiger partial charge in [-0.05, 0) is 41.6 Å². The summed E-state index contributed by atoms with van der Waals surface area (Å²) in [6, 6.07) is 9.79. The molecule has 8 heteroatoms. The zero-order valence-electron chi connectivity index (χ0n) is 13.9. The van der Waals surface area contributed by atoms with Crippen LogP contribution in [0.15, 0.2) is 53.7 Å². The predicted octanol–water partition coefficient (Wildman–Crippen LogP) is 3.65. The summed E-state index contributed by atoms with van der Waals surface area (Å²) in [5.74, 6) is -0.346. The van der Waals surface area contributed by atoms with Gasteiger partial charge in [-0.15, -0.1) is 0 Å². The number of carbonyl (C=O) groups excluding carboxylic acids is 1. The first-order chi connectivity index (χ1) is 12.4. The van der Waals surface area contributed by atoms with E-state index in [0.29, 0.717) is 26.2 Å². The average Bonchev–Trinajstić information content (AvgIpc) is 2.62. The Morgan fingerprint density at radius 1 is 1.04 bits per heavy atom. The van der Waals surface area contributed by atoms with E-state index in [1.54, 1.807) is 23.4 Å². The largest absolute Gasteiger partial charge is 0.446 e. The number of hydrogen-bond acceptors (Lipinski definition) is 4. The third-order valence-electron chi connectivity index (χ3n) is 4.16. The molecule has 0 atom stereocenters. The van der Waals surface area contributed by atoms with Gasteiger partial charge >= 0.3 is 5.51 Å². The fourth-order valence-electron chi connectivity index (χ4n) is 2.88. The summed E-state index contributed by atoms with van der Waals surface area (Å²) >= 11 is -0.242. The topological polar surface area (TPSA) is 36.4 Å². The van der Waals surface area contributed by atoms with E-state index in [-0.39, 0.29) is 28.1 Å². The van der Waals surface area contributed by atoms with Crippen LogP contribution >= 0.6 is 11.8 Å². The smallest absolute Gasteiger partial charge is 0.336 e. The SMILES string of the molecule is O=C(c1ccccc1SC(F)(F)F)N1CCN(Cc2ccncc2)CC1. The van der Waals surface area contributed by atoms with E-state index in [0.717, 1.165) is 12.1 Å². The highest BCUT2D eigenvalue weighted by Gasteiger charge is 2.32. The predicted molar refractivity (Wildman–Crippen MR) is 93.8 cm³/mol. The number of benzene rings is 1. The molecule has 0 radical (unpaired) electrons. The monoisotopic (exact) mass is 381 g/mol. The van der Waals surface area contributed by atoms with Gasteiger partial charge in [0.25, 0.3) is 5.91 Å². The van der Waals surface area contributed by atoms with Gasteiger partial charge in [0.1, 0.15) is 0 Å². The molecule has 26 heavy (non-hydrogen) atoms. The molecule has 0 aliphatic carbocycles. The van der Waals surface area contributed by atoms with E-state index < -0.39 is 5.51 Å². The normalized spacial score (nSPS) is 15.9. The van der Waals surface area contributed by atoms with Crippen molar-refractivity contribution in [1.29, 1.82) is 0 Å². The van der Waals surface area contributed by atoms with Gasteiger partial charge in [-0.1, -0.05) is 12.1 Å². The molecule has 138 valence electrons. The Balaban J connectivity index is 1.62. The molecular weight excluding hydrogens is 363 g/mol. The summed E-state index contributed by atoms with van der Waals surface area (Å²) < 4.78 is 38.1. The number of nitrogens with zero attached hydrogens (tertiary/aromatic N) is 3. The molecule has 2 heterocycles.